The first-order valence-electron chi connectivity index (χ1n) is 10.6. The summed E-state index contributed by atoms with van der Waals surface area (Å²) in [7, 11) is 0. The molecule has 2 heterocycles. The number of aromatic nitrogens is 2. The molecule has 0 atom stereocenters. The van der Waals surface area contributed by atoms with Crippen LogP contribution >= 0.6 is 0 Å². The van der Waals surface area contributed by atoms with Crippen molar-refractivity contribution in [3.05, 3.63) is 83.9 Å². The van der Waals surface area contributed by atoms with Crippen molar-refractivity contribution in [1.29, 1.82) is 0 Å². The van der Waals surface area contributed by atoms with E-state index in [2.05, 4.69) is 10.3 Å². The molecule has 2 N–H and O–H groups in total. The molecule has 0 unspecified atom stereocenters. The average molecular weight is 439 g/mol. The van der Waals surface area contributed by atoms with E-state index in [0.717, 1.165) is 48.7 Å². The van der Waals surface area contributed by atoms with Crippen molar-refractivity contribution < 1.29 is 18.0 Å². The lowest BCUT2D eigenvalue weighted by atomic mass is 9.78. The fourth-order valence-corrected chi connectivity index (χ4v) is 3.98. The Labute approximate surface area is 184 Å². The fourth-order valence-electron chi connectivity index (χ4n) is 3.98. The predicted molar refractivity (Wildman–Crippen MR) is 119 cm³/mol. The topological polar surface area (TPSA) is 49.8 Å². The molecule has 0 spiro atoms. The number of fused-ring (bicyclic) bond motifs is 1. The number of hydrogen-bond donors (Lipinski definition) is 2. The Kier molecular flexibility index (Phi) is 6.63. The lowest BCUT2D eigenvalue weighted by Gasteiger charge is -2.26. The molecule has 1 aliphatic carbocycles. The molecule has 1 saturated carbocycles. The average Bonchev–Trinajstić information content (AvgIpc) is 3.37. The van der Waals surface area contributed by atoms with Gasteiger partial charge in [-0.05, 0) is 72.4 Å². The summed E-state index contributed by atoms with van der Waals surface area (Å²) >= 11 is 0. The molecule has 0 bridgehead atoms. The predicted octanol–water partition coefficient (Wildman–Crippen LogP) is 5.75. The molecule has 4 nitrogen and oxygen atoms in total. The molecule has 1 amide bonds. The molecule has 2 aromatic heterocycles. The second kappa shape index (κ2) is 9.77. The molecular weight excluding hydrogens is 415 g/mol. The van der Waals surface area contributed by atoms with Gasteiger partial charge in [-0.15, -0.1) is 0 Å². The molecule has 0 saturated heterocycles. The largest absolute Gasteiger partial charge is 0.357 e. The van der Waals surface area contributed by atoms with Crippen molar-refractivity contribution in [3.8, 4) is 11.3 Å². The number of nitrogens with zero attached hydrogens (tertiary/aromatic N) is 1. The molecular formula is C25H24F3N3O. The van der Waals surface area contributed by atoms with E-state index in [1.165, 1.54) is 18.2 Å². The van der Waals surface area contributed by atoms with E-state index in [1.54, 1.807) is 12.1 Å². The van der Waals surface area contributed by atoms with Crippen molar-refractivity contribution in [2.45, 2.75) is 31.7 Å². The van der Waals surface area contributed by atoms with Gasteiger partial charge in [0.05, 0.1) is 11.2 Å². The van der Waals surface area contributed by atoms with E-state index < -0.39 is 11.6 Å². The van der Waals surface area contributed by atoms with Gasteiger partial charge in [0.2, 0.25) is 6.41 Å². The third kappa shape index (κ3) is 4.72. The Hall–Kier alpha value is -3.48. The van der Waals surface area contributed by atoms with Crippen LogP contribution in [0.3, 0.4) is 0 Å². The summed E-state index contributed by atoms with van der Waals surface area (Å²) in [5.41, 5.74) is 2.83. The number of halogens is 3. The normalized spacial score (nSPS) is 13.3. The Morgan fingerprint density at radius 3 is 2.38 bits per heavy atom. The SMILES string of the molecule is Fc1ccc(-c2[nH]c3c(F)cc(F)cc3c2C2CCC2)cc1.O=CNCCn1cccc1. The van der Waals surface area contributed by atoms with Gasteiger partial charge in [-0.1, -0.05) is 6.42 Å². The van der Waals surface area contributed by atoms with Crippen LogP contribution in [0.25, 0.3) is 22.2 Å². The summed E-state index contributed by atoms with van der Waals surface area (Å²) in [6.07, 6.45) is 7.79. The van der Waals surface area contributed by atoms with Gasteiger partial charge in [-0.3, -0.25) is 4.79 Å². The Morgan fingerprint density at radius 2 is 1.75 bits per heavy atom. The lowest BCUT2D eigenvalue weighted by Crippen LogP contribution is -2.16. The van der Waals surface area contributed by atoms with Gasteiger partial charge in [-0.2, -0.15) is 0 Å². The molecule has 7 heteroatoms. The highest BCUT2D eigenvalue weighted by Gasteiger charge is 2.27. The minimum absolute atomic E-state index is 0.301. The summed E-state index contributed by atoms with van der Waals surface area (Å²) < 4.78 is 42.8. The number of carbonyl (C=O) groups is 1. The minimum Gasteiger partial charge on any atom is -0.357 e. The van der Waals surface area contributed by atoms with Gasteiger partial charge >= 0.3 is 0 Å². The maximum Gasteiger partial charge on any atom is 0.207 e. The number of carbonyl (C=O) groups excluding carboxylic acids is 1. The van der Waals surface area contributed by atoms with Gasteiger partial charge in [0, 0.05) is 36.9 Å². The summed E-state index contributed by atoms with van der Waals surface area (Å²) in [6, 6.07) is 12.3. The number of benzene rings is 2. The van der Waals surface area contributed by atoms with Gasteiger partial charge in [0.25, 0.3) is 0 Å². The monoisotopic (exact) mass is 439 g/mol. The molecule has 4 aromatic rings. The number of hydrogen-bond acceptors (Lipinski definition) is 1. The number of rotatable bonds is 6. The number of nitrogens with one attached hydrogen (secondary N) is 2. The summed E-state index contributed by atoms with van der Waals surface area (Å²) in [4.78, 5) is 12.9. The number of amides is 1. The minimum atomic E-state index is -0.594. The van der Waals surface area contributed by atoms with Gasteiger partial charge in [0.1, 0.15) is 17.5 Å². The zero-order chi connectivity index (χ0) is 22.5. The molecule has 166 valence electrons. The Bertz CT molecular complexity index is 1180. The smallest absolute Gasteiger partial charge is 0.207 e. The van der Waals surface area contributed by atoms with E-state index in [0.29, 0.717) is 29.8 Å². The molecule has 5 rings (SSSR count). The highest BCUT2D eigenvalue weighted by Crippen LogP contribution is 2.45. The highest BCUT2D eigenvalue weighted by molar-refractivity contribution is 5.92. The van der Waals surface area contributed by atoms with Crippen LogP contribution in [-0.4, -0.2) is 22.5 Å². The molecule has 1 fully saturated rings. The lowest BCUT2D eigenvalue weighted by molar-refractivity contribution is -0.109. The van der Waals surface area contributed by atoms with Crippen LogP contribution in [0.1, 0.15) is 30.7 Å². The maximum atomic E-state index is 14.1. The van der Waals surface area contributed by atoms with Gasteiger partial charge in [0.15, 0.2) is 0 Å². The van der Waals surface area contributed by atoms with Crippen LogP contribution in [0, 0.1) is 17.5 Å². The second-order valence-electron chi connectivity index (χ2n) is 7.85. The molecule has 1 aliphatic rings. The molecule has 32 heavy (non-hydrogen) atoms. The second-order valence-corrected chi connectivity index (χ2v) is 7.85. The first-order chi connectivity index (χ1) is 15.6. The van der Waals surface area contributed by atoms with Gasteiger partial charge in [-0.25, -0.2) is 13.2 Å². The van der Waals surface area contributed by atoms with E-state index in [-0.39, 0.29) is 5.82 Å². The zero-order valence-corrected chi connectivity index (χ0v) is 17.5. The van der Waals surface area contributed by atoms with Crippen molar-refractivity contribution in [1.82, 2.24) is 14.9 Å². The summed E-state index contributed by atoms with van der Waals surface area (Å²) in [6.45, 7) is 1.53. The number of H-pyrrole nitrogens is 1. The van der Waals surface area contributed by atoms with Crippen LogP contribution in [0.2, 0.25) is 0 Å². The first-order valence-corrected chi connectivity index (χ1v) is 10.6. The van der Waals surface area contributed by atoms with Crippen molar-refractivity contribution in [2.75, 3.05) is 6.54 Å². The van der Waals surface area contributed by atoms with Crippen LogP contribution in [0.15, 0.2) is 60.9 Å². The first kappa shape index (κ1) is 21.7. The standard InChI is InChI=1S/C18H14F3N.C7H10N2O/c19-12-6-4-11(5-7-12)17-16(10-2-1-3-10)14-8-13(20)9-15(21)18(14)22-17;10-7-8-3-6-9-4-1-2-5-9/h4-10,22H,1-3H2;1-2,4-5,7H,3,6H2,(H,8,10). The third-order valence-electron chi connectivity index (χ3n) is 5.77. The van der Waals surface area contributed by atoms with Gasteiger partial charge < -0.3 is 14.9 Å². The van der Waals surface area contributed by atoms with Crippen molar-refractivity contribution in [2.24, 2.45) is 0 Å². The van der Waals surface area contributed by atoms with E-state index >= 15 is 0 Å². The fraction of sp³-hybridized carbons (Fsp3) is 0.240. The van der Waals surface area contributed by atoms with Crippen LogP contribution in [0.4, 0.5) is 13.2 Å². The Morgan fingerprint density at radius 1 is 1.03 bits per heavy atom. The summed E-state index contributed by atoms with van der Waals surface area (Å²) in [5, 5.41) is 3.18. The molecule has 0 radical (unpaired) electrons. The van der Waals surface area contributed by atoms with Crippen molar-refractivity contribution in [3.63, 3.8) is 0 Å². The van der Waals surface area contributed by atoms with E-state index in [1.807, 2.05) is 29.1 Å². The van der Waals surface area contributed by atoms with E-state index in [9.17, 15) is 18.0 Å². The van der Waals surface area contributed by atoms with Crippen molar-refractivity contribution >= 4 is 17.3 Å². The quantitative estimate of drug-likeness (QED) is 0.292. The molecule has 2 aromatic carbocycles. The van der Waals surface area contributed by atoms with Crippen LogP contribution in [0.5, 0.6) is 0 Å². The van der Waals surface area contributed by atoms with E-state index in [4.69, 9.17) is 0 Å². The maximum absolute atomic E-state index is 14.1. The van der Waals surface area contributed by atoms with Crippen LogP contribution < -0.4 is 5.32 Å². The number of aromatic amines is 1. The Balaban J connectivity index is 0.000000207. The highest BCUT2D eigenvalue weighted by atomic mass is 19.1. The third-order valence-corrected chi connectivity index (χ3v) is 5.77. The molecule has 0 aliphatic heterocycles. The van der Waals surface area contributed by atoms with Crippen LogP contribution in [-0.2, 0) is 11.3 Å². The summed E-state index contributed by atoms with van der Waals surface area (Å²) in [5.74, 6) is -1.18. The zero-order valence-electron chi connectivity index (χ0n) is 17.5.